The van der Waals surface area contributed by atoms with Crippen molar-refractivity contribution in [1.29, 1.82) is 0 Å². The smallest absolute Gasteiger partial charge is 0.210 e. The second-order valence-corrected chi connectivity index (χ2v) is 2.12. The second kappa shape index (κ2) is 2.19. The van der Waals surface area contributed by atoms with Gasteiger partial charge in [0, 0.05) is 0 Å². The van der Waals surface area contributed by atoms with Crippen LogP contribution >= 0.6 is 0 Å². The molecule has 1 heterocycles. The average Bonchev–Trinajstić information content (AvgIpc) is 2.14. The van der Waals surface area contributed by atoms with E-state index in [0.29, 0.717) is 5.89 Å². The fraction of sp³-hybridized carbons (Fsp3) is 0.500. The normalized spacial score (nSPS) is 13.7. The molecular weight excluding hydrogens is 116 g/mol. The maximum atomic E-state index is 5.47. The molecule has 2 N–H and O–H groups in total. The Morgan fingerprint density at radius 3 is 2.67 bits per heavy atom. The molecule has 9 heavy (non-hydrogen) atoms. The monoisotopic (exact) mass is 126 g/mol. The summed E-state index contributed by atoms with van der Waals surface area (Å²) in [6.45, 7) is 3.71. The lowest BCUT2D eigenvalue weighted by molar-refractivity contribution is 0.463. The van der Waals surface area contributed by atoms with Gasteiger partial charge in [-0.25, -0.2) is 4.98 Å². The highest BCUT2D eigenvalue weighted by Crippen LogP contribution is 2.07. The van der Waals surface area contributed by atoms with Crippen LogP contribution in [0.4, 0.5) is 0 Å². The lowest BCUT2D eigenvalue weighted by atomic mass is 10.4. The molecule has 0 aromatic carbocycles. The van der Waals surface area contributed by atoms with Crippen molar-refractivity contribution < 1.29 is 4.42 Å². The number of hydrogen-bond acceptors (Lipinski definition) is 3. The topological polar surface area (TPSA) is 52.0 Å². The van der Waals surface area contributed by atoms with Gasteiger partial charge in [-0.05, 0) is 13.8 Å². The number of aryl methyl sites for hydroxylation is 1. The van der Waals surface area contributed by atoms with Gasteiger partial charge in [-0.1, -0.05) is 0 Å². The average molecular weight is 126 g/mol. The molecule has 0 radical (unpaired) electrons. The summed E-state index contributed by atoms with van der Waals surface area (Å²) in [6, 6.07) is -0.0984. The van der Waals surface area contributed by atoms with Crippen LogP contribution in [0.15, 0.2) is 10.7 Å². The van der Waals surface area contributed by atoms with E-state index in [1.54, 1.807) is 6.26 Å². The molecule has 1 aromatic rings. The van der Waals surface area contributed by atoms with E-state index in [1.807, 2.05) is 13.8 Å². The third-order valence-electron chi connectivity index (χ3n) is 1.03. The SMILES string of the molecule is Cc1coc(C(C)N)n1. The molecule has 0 saturated heterocycles. The van der Waals surface area contributed by atoms with Gasteiger partial charge < -0.3 is 10.2 Å². The molecule has 1 atom stereocenters. The van der Waals surface area contributed by atoms with Crippen LogP contribution in [0.3, 0.4) is 0 Å². The molecule has 1 rings (SSSR count). The summed E-state index contributed by atoms with van der Waals surface area (Å²) in [4.78, 5) is 4.02. The van der Waals surface area contributed by atoms with Crippen LogP contribution in [0, 0.1) is 6.92 Å². The minimum atomic E-state index is -0.0984. The van der Waals surface area contributed by atoms with Crippen molar-refractivity contribution in [2.45, 2.75) is 19.9 Å². The summed E-state index contributed by atoms with van der Waals surface area (Å²) in [5.74, 6) is 0.604. The van der Waals surface area contributed by atoms with E-state index in [-0.39, 0.29) is 6.04 Å². The maximum Gasteiger partial charge on any atom is 0.210 e. The Hall–Kier alpha value is -0.830. The molecule has 0 aliphatic carbocycles. The predicted octanol–water partition coefficient (Wildman–Crippen LogP) is 1.00. The number of rotatable bonds is 1. The van der Waals surface area contributed by atoms with Crippen molar-refractivity contribution in [3.8, 4) is 0 Å². The first-order valence-corrected chi connectivity index (χ1v) is 2.88. The number of aromatic nitrogens is 1. The Bertz CT molecular complexity index is 193. The van der Waals surface area contributed by atoms with E-state index in [2.05, 4.69) is 4.98 Å². The number of nitrogens with zero attached hydrogens (tertiary/aromatic N) is 1. The Morgan fingerprint density at radius 1 is 1.78 bits per heavy atom. The molecule has 50 valence electrons. The summed E-state index contributed by atoms with van der Waals surface area (Å²) in [5.41, 5.74) is 6.35. The molecule has 3 nitrogen and oxygen atoms in total. The van der Waals surface area contributed by atoms with Crippen LogP contribution in [0.2, 0.25) is 0 Å². The van der Waals surface area contributed by atoms with Crippen LogP contribution in [-0.4, -0.2) is 4.98 Å². The van der Waals surface area contributed by atoms with Crippen LogP contribution in [0.1, 0.15) is 24.6 Å². The minimum absolute atomic E-state index is 0.0984. The second-order valence-electron chi connectivity index (χ2n) is 2.12. The first-order chi connectivity index (χ1) is 4.20. The first-order valence-electron chi connectivity index (χ1n) is 2.88. The largest absolute Gasteiger partial charge is 0.447 e. The Morgan fingerprint density at radius 2 is 2.44 bits per heavy atom. The van der Waals surface area contributed by atoms with Crippen LogP contribution < -0.4 is 5.73 Å². The van der Waals surface area contributed by atoms with Crippen molar-refractivity contribution in [2.24, 2.45) is 5.73 Å². The molecule has 0 fully saturated rings. The number of oxazole rings is 1. The third-order valence-corrected chi connectivity index (χ3v) is 1.03. The highest BCUT2D eigenvalue weighted by atomic mass is 16.3. The number of nitrogens with two attached hydrogens (primary N) is 1. The summed E-state index contributed by atoms with van der Waals surface area (Å²) in [5, 5.41) is 0. The molecular formula is C6H10N2O. The van der Waals surface area contributed by atoms with E-state index in [9.17, 15) is 0 Å². The quantitative estimate of drug-likeness (QED) is 0.610. The predicted molar refractivity (Wildman–Crippen MR) is 33.8 cm³/mol. The van der Waals surface area contributed by atoms with Gasteiger partial charge in [0.1, 0.15) is 6.26 Å². The van der Waals surface area contributed by atoms with Crippen molar-refractivity contribution in [1.82, 2.24) is 4.98 Å². The molecule has 0 bridgehead atoms. The molecule has 1 aromatic heterocycles. The van der Waals surface area contributed by atoms with Gasteiger partial charge in [0.05, 0.1) is 11.7 Å². The summed E-state index contributed by atoms with van der Waals surface area (Å²) < 4.78 is 4.99. The van der Waals surface area contributed by atoms with Crippen molar-refractivity contribution in [2.75, 3.05) is 0 Å². The highest BCUT2D eigenvalue weighted by molar-refractivity contribution is 4.95. The van der Waals surface area contributed by atoms with Crippen LogP contribution in [0.5, 0.6) is 0 Å². The zero-order valence-corrected chi connectivity index (χ0v) is 5.59. The van der Waals surface area contributed by atoms with Crippen LogP contribution in [0.25, 0.3) is 0 Å². The van der Waals surface area contributed by atoms with Gasteiger partial charge in [0.25, 0.3) is 0 Å². The molecule has 0 aliphatic heterocycles. The summed E-state index contributed by atoms with van der Waals surface area (Å²) in [6.07, 6.45) is 1.60. The molecule has 0 saturated carbocycles. The van der Waals surface area contributed by atoms with Gasteiger partial charge in [0.15, 0.2) is 0 Å². The van der Waals surface area contributed by atoms with Crippen molar-refractivity contribution >= 4 is 0 Å². The van der Waals surface area contributed by atoms with Gasteiger partial charge in [-0.15, -0.1) is 0 Å². The van der Waals surface area contributed by atoms with Crippen molar-refractivity contribution in [3.63, 3.8) is 0 Å². The van der Waals surface area contributed by atoms with E-state index in [0.717, 1.165) is 5.69 Å². The summed E-state index contributed by atoms with van der Waals surface area (Å²) >= 11 is 0. The van der Waals surface area contributed by atoms with E-state index in [1.165, 1.54) is 0 Å². The first kappa shape index (κ1) is 6.29. The third kappa shape index (κ3) is 1.29. The molecule has 1 unspecified atom stereocenters. The molecule has 3 heteroatoms. The molecule has 0 spiro atoms. The fourth-order valence-corrected chi connectivity index (χ4v) is 0.581. The number of hydrogen-bond donors (Lipinski definition) is 1. The Balaban J connectivity index is 2.85. The minimum Gasteiger partial charge on any atom is -0.447 e. The molecule has 0 amide bonds. The standard InChI is InChI=1S/C6H10N2O/c1-4-3-9-6(8-4)5(2)7/h3,5H,7H2,1-2H3. The van der Waals surface area contributed by atoms with Gasteiger partial charge in [-0.3, -0.25) is 0 Å². The lowest BCUT2D eigenvalue weighted by Gasteiger charge is -1.94. The van der Waals surface area contributed by atoms with E-state index in [4.69, 9.17) is 10.2 Å². The highest BCUT2D eigenvalue weighted by Gasteiger charge is 2.03. The van der Waals surface area contributed by atoms with Gasteiger partial charge >= 0.3 is 0 Å². The summed E-state index contributed by atoms with van der Waals surface area (Å²) in [7, 11) is 0. The zero-order chi connectivity index (χ0) is 6.85. The Labute approximate surface area is 53.9 Å². The maximum absolute atomic E-state index is 5.47. The lowest BCUT2D eigenvalue weighted by Crippen LogP contribution is -2.04. The van der Waals surface area contributed by atoms with Gasteiger partial charge in [-0.2, -0.15) is 0 Å². The fourth-order valence-electron chi connectivity index (χ4n) is 0.581. The zero-order valence-electron chi connectivity index (χ0n) is 5.59. The van der Waals surface area contributed by atoms with E-state index >= 15 is 0 Å². The molecule has 0 aliphatic rings. The van der Waals surface area contributed by atoms with Gasteiger partial charge in [0.2, 0.25) is 5.89 Å². The van der Waals surface area contributed by atoms with Crippen molar-refractivity contribution in [3.05, 3.63) is 17.8 Å². The van der Waals surface area contributed by atoms with E-state index < -0.39 is 0 Å². The Kier molecular flexibility index (Phi) is 1.53. The van der Waals surface area contributed by atoms with Crippen LogP contribution in [-0.2, 0) is 0 Å².